The van der Waals surface area contributed by atoms with Gasteiger partial charge in [-0.3, -0.25) is 9.08 Å². The van der Waals surface area contributed by atoms with Gasteiger partial charge in [0, 0.05) is 11.3 Å². The van der Waals surface area contributed by atoms with Crippen LogP contribution in [-0.2, 0) is 19.0 Å². The third-order valence-electron chi connectivity index (χ3n) is 3.92. The molecule has 1 amide bonds. The second-order valence-corrected chi connectivity index (χ2v) is 8.62. The summed E-state index contributed by atoms with van der Waals surface area (Å²) in [6.07, 6.45) is 2.39. The molecule has 0 aliphatic carbocycles. The van der Waals surface area contributed by atoms with Crippen LogP contribution < -0.4 is 4.90 Å². The molecule has 9 heteroatoms. The number of hydrogen-bond acceptors (Lipinski definition) is 6. The molecule has 0 radical (unpaired) electrons. The van der Waals surface area contributed by atoms with Crippen LogP contribution in [-0.4, -0.2) is 51.5 Å². The van der Waals surface area contributed by atoms with E-state index in [1.807, 2.05) is 6.08 Å². The maximum atomic E-state index is 14.5. The molecule has 0 bridgehead atoms. The Balaban J connectivity index is 1.72. The minimum absolute atomic E-state index is 0.104. The van der Waals surface area contributed by atoms with Gasteiger partial charge in [0.05, 0.1) is 18.5 Å². The Hall–Kier alpha value is -1.58. The third kappa shape index (κ3) is 4.53. The minimum Gasteiger partial charge on any atom is -0.441 e. The molecule has 6 nitrogen and oxygen atoms in total. The quantitative estimate of drug-likeness (QED) is 0.724. The maximum Gasteiger partial charge on any atom is 0.414 e. The third-order valence-corrected chi connectivity index (χ3v) is 5.38. The number of nitrogens with zero attached hydrogens (tertiary/aromatic N) is 1. The summed E-state index contributed by atoms with van der Waals surface area (Å²) >= 11 is 1.81. The van der Waals surface area contributed by atoms with Gasteiger partial charge in [0.2, 0.25) is 0 Å². The molecule has 1 unspecified atom stereocenters. The Bertz CT molecular complexity index is 809. The van der Waals surface area contributed by atoms with Crippen LogP contribution >= 0.6 is 11.8 Å². The molecule has 136 valence electrons. The van der Waals surface area contributed by atoms with E-state index in [1.54, 1.807) is 23.9 Å². The van der Waals surface area contributed by atoms with E-state index in [1.165, 1.54) is 11.0 Å². The summed E-state index contributed by atoms with van der Waals surface area (Å²) in [4.78, 5) is 13.2. The second-order valence-electron chi connectivity index (χ2n) is 5.82. The van der Waals surface area contributed by atoms with Gasteiger partial charge in [-0.2, -0.15) is 20.2 Å². The van der Waals surface area contributed by atoms with Crippen molar-refractivity contribution in [3.63, 3.8) is 0 Å². The lowest BCUT2D eigenvalue weighted by atomic mass is 10.0. The highest BCUT2D eigenvalue weighted by atomic mass is 32.2. The molecule has 0 saturated carbocycles. The number of rotatable bonds is 5. The van der Waals surface area contributed by atoms with E-state index < -0.39 is 22.3 Å². The number of anilines is 1. The number of benzene rings is 1. The van der Waals surface area contributed by atoms with Crippen molar-refractivity contribution in [2.45, 2.75) is 12.5 Å². The molecule has 0 spiro atoms. The van der Waals surface area contributed by atoms with Crippen molar-refractivity contribution >= 4 is 39.2 Å². The summed E-state index contributed by atoms with van der Waals surface area (Å²) < 4.78 is 46.3. The first-order valence-electron chi connectivity index (χ1n) is 7.73. The van der Waals surface area contributed by atoms with Gasteiger partial charge in [0.25, 0.3) is 10.1 Å². The van der Waals surface area contributed by atoms with Crippen LogP contribution in [0.4, 0.5) is 14.9 Å². The first-order chi connectivity index (χ1) is 11.8. The van der Waals surface area contributed by atoms with Crippen LogP contribution in [0.5, 0.6) is 0 Å². The zero-order valence-electron chi connectivity index (χ0n) is 13.6. The van der Waals surface area contributed by atoms with Crippen molar-refractivity contribution in [1.29, 1.82) is 0 Å². The normalized spacial score (nSPS) is 21.2. The average Bonchev–Trinajstić information content (AvgIpc) is 2.94. The van der Waals surface area contributed by atoms with Gasteiger partial charge in [-0.25, -0.2) is 9.18 Å². The number of hydrogen-bond donors (Lipinski definition) is 0. The molecule has 2 aliphatic heterocycles. The molecule has 1 atom stereocenters. The summed E-state index contributed by atoms with van der Waals surface area (Å²) in [6, 6.07) is 4.64. The number of allylic oxidation sites excluding steroid dienone is 1. The van der Waals surface area contributed by atoms with Gasteiger partial charge in [-0.05, 0) is 35.9 Å². The van der Waals surface area contributed by atoms with Crippen molar-refractivity contribution in [2.75, 3.05) is 35.8 Å². The van der Waals surface area contributed by atoms with Gasteiger partial charge in [0.1, 0.15) is 18.5 Å². The number of thioether (sulfide) groups is 1. The lowest BCUT2D eigenvalue weighted by molar-refractivity contribution is 0.107. The molecule has 2 heterocycles. The SMILES string of the molecule is CS(=O)(=O)OCC1CN(c2ccc(C3=CCSCC3)c(F)c2)C(=O)O1. The standard InChI is InChI=1S/C16H18FNO5S2/c1-25(20,21)22-10-13-9-18(16(19)23-13)12-2-3-14(15(17)8-12)11-4-6-24-7-5-11/h2-4,8,13H,5-7,9-10H2,1H3. The zero-order chi connectivity index (χ0) is 18.0. The largest absolute Gasteiger partial charge is 0.441 e. The molecule has 1 aromatic carbocycles. The summed E-state index contributed by atoms with van der Waals surface area (Å²) in [5.41, 5.74) is 1.90. The molecule has 1 aromatic rings. The number of cyclic esters (lactones) is 1. The molecule has 3 rings (SSSR count). The van der Waals surface area contributed by atoms with E-state index in [2.05, 4.69) is 4.18 Å². The Labute approximate surface area is 150 Å². The fourth-order valence-electron chi connectivity index (χ4n) is 2.72. The highest BCUT2D eigenvalue weighted by molar-refractivity contribution is 7.99. The molecule has 25 heavy (non-hydrogen) atoms. The molecule has 0 aromatic heterocycles. The van der Waals surface area contributed by atoms with Crippen LogP contribution in [0, 0.1) is 5.82 Å². The van der Waals surface area contributed by atoms with Crippen LogP contribution in [0.2, 0.25) is 0 Å². The average molecular weight is 387 g/mol. The topological polar surface area (TPSA) is 72.9 Å². The van der Waals surface area contributed by atoms with Crippen molar-refractivity contribution < 1.29 is 26.5 Å². The lowest BCUT2D eigenvalue weighted by Gasteiger charge is -2.17. The Morgan fingerprint density at radius 3 is 2.88 bits per heavy atom. The smallest absolute Gasteiger partial charge is 0.414 e. The van der Waals surface area contributed by atoms with Crippen LogP contribution in [0.15, 0.2) is 24.3 Å². The van der Waals surface area contributed by atoms with E-state index in [4.69, 9.17) is 4.74 Å². The number of carbonyl (C=O) groups excluding carboxylic acids is 1. The lowest BCUT2D eigenvalue weighted by Crippen LogP contribution is -2.26. The monoisotopic (exact) mass is 387 g/mol. The molecule has 1 fully saturated rings. The van der Waals surface area contributed by atoms with Gasteiger partial charge in [0.15, 0.2) is 0 Å². The van der Waals surface area contributed by atoms with E-state index in [-0.39, 0.29) is 19.0 Å². The van der Waals surface area contributed by atoms with Gasteiger partial charge < -0.3 is 4.74 Å². The second kappa shape index (κ2) is 7.35. The molecule has 0 N–H and O–H groups in total. The van der Waals surface area contributed by atoms with E-state index >= 15 is 0 Å². The predicted molar refractivity (Wildman–Crippen MR) is 94.7 cm³/mol. The Morgan fingerprint density at radius 2 is 2.24 bits per heavy atom. The van der Waals surface area contributed by atoms with E-state index in [9.17, 15) is 17.6 Å². The number of amides is 1. The Kier molecular flexibility index (Phi) is 5.35. The molecular formula is C16H18FNO5S2. The van der Waals surface area contributed by atoms with Crippen molar-refractivity contribution in [2.24, 2.45) is 0 Å². The fraction of sp³-hybridized carbons (Fsp3) is 0.438. The van der Waals surface area contributed by atoms with Crippen LogP contribution in [0.1, 0.15) is 12.0 Å². The van der Waals surface area contributed by atoms with Gasteiger partial charge >= 0.3 is 6.09 Å². The number of halogens is 1. The number of carbonyl (C=O) groups is 1. The molecular weight excluding hydrogens is 369 g/mol. The zero-order valence-corrected chi connectivity index (χ0v) is 15.2. The first-order valence-corrected chi connectivity index (χ1v) is 10.7. The molecule has 1 saturated heterocycles. The summed E-state index contributed by atoms with van der Waals surface area (Å²) in [5, 5.41) is 0. The van der Waals surface area contributed by atoms with Crippen LogP contribution in [0.3, 0.4) is 0 Å². The van der Waals surface area contributed by atoms with Crippen molar-refractivity contribution in [3.05, 3.63) is 35.7 Å². The first kappa shape index (κ1) is 18.2. The summed E-state index contributed by atoms with van der Waals surface area (Å²) in [6.45, 7) is -0.154. The highest BCUT2D eigenvalue weighted by Gasteiger charge is 2.33. The predicted octanol–water partition coefficient (Wildman–Crippen LogP) is 2.65. The summed E-state index contributed by atoms with van der Waals surface area (Å²) in [5.74, 6) is 1.45. The number of ether oxygens (including phenoxy) is 1. The summed E-state index contributed by atoms with van der Waals surface area (Å²) in [7, 11) is -3.61. The molecule has 2 aliphatic rings. The van der Waals surface area contributed by atoms with Gasteiger partial charge in [-0.15, -0.1) is 0 Å². The fourth-order valence-corrected chi connectivity index (χ4v) is 3.97. The van der Waals surface area contributed by atoms with Crippen molar-refractivity contribution in [3.8, 4) is 0 Å². The van der Waals surface area contributed by atoms with Crippen molar-refractivity contribution in [1.82, 2.24) is 0 Å². The van der Waals surface area contributed by atoms with Gasteiger partial charge in [-0.1, -0.05) is 6.08 Å². The highest BCUT2D eigenvalue weighted by Crippen LogP contribution is 2.31. The van der Waals surface area contributed by atoms with Crippen LogP contribution in [0.25, 0.3) is 5.57 Å². The minimum atomic E-state index is -3.61. The Morgan fingerprint density at radius 1 is 1.44 bits per heavy atom. The van der Waals surface area contributed by atoms with E-state index in [0.29, 0.717) is 11.3 Å². The van der Waals surface area contributed by atoms with E-state index in [0.717, 1.165) is 29.8 Å². The maximum absolute atomic E-state index is 14.5.